The predicted octanol–water partition coefficient (Wildman–Crippen LogP) is 0.596. The quantitative estimate of drug-likeness (QED) is 0.717. The average Bonchev–Trinajstić information content (AvgIpc) is 2.45. The van der Waals surface area contributed by atoms with Crippen molar-refractivity contribution in [3.05, 3.63) is 12.2 Å². The van der Waals surface area contributed by atoms with Crippen molar-refractivity contribution in [1.82, 2.24) is 5.32 Å². The first-order chi connectivity index (χ1) is 7.62. The molecule has 0 saturated heterocycles. The molecule has 5 heteroatoms. The van der Waals surface area contributed by atoms with Gasteiger partial charge in [-0.15, -0.1) is 0 Å². The third kappa shape index (κ3) is 3.76. The Kier molecular flexibility index (Phi) is 3.50. The van der Waals surface area contributed by atoms with Crippen LogP contribution in [0, 0.1) is 5.41 Å². The molecule has 1 rings (SSSR count). The minimum absolute atomic E-state index is 0.286. The van der Waals surface area contributed by atoms with Crippen LogP contribution in [0.3, 0.4) is 0 Å². The first-order valence-electron chi connectivity index (χ1n) is 5.53. The van der Waals surface area contributed by atoms with Crippen LogP contribution in [0.5, 0.6) is 0 Å². The molecule has 0 aromatic carbocycles. The van der Waals surface area contributed by atoms with Gasteiger partial charge in [0.2, 0.25) is 0 Å². The van der Waals surface area contributed by atoms with Gasteiger partial charge in [0.05, 0.1) is 12.0 Å². The number of carbonyl (C=O) groups excluding carboxylic acids is 2. The van der Waals surface area contributed by atoms with Crippen molar-refractivity contribution in [2.45, 2.75) is 45.8 Å². The molecule has 0 spiro atoms. The highest BCUT2D eigenvalue weighted by Gasteiger charge is 2.32. The molecule has 17 heavy (non-hydrogen) atoms. The van der Waals surface area contributed by atoms with Gasteiger partial charge in [-0.25, -0.2) is 4.79 Å². The van der Waals surface area contributed by atoms with Gasteiger partial charge in [-0.2, -0.15) is 0 Å². The summed E-state index contributed by atoms with van der Waals surface area (Å²) < 4.78 is 5.08. The highest BCUT2D eigenvalue weighted by atomic mass is 16.6. The van der Waals surface area contributed by atoms with E-state index < -0.39 is 23.1 Å². The monoisotopic (exact) mass is 240 g/mol. The molecule has 1 aliphatic rings. The molecular formula is C12H18NO4-. The Morgan fingerprint density at radius 3 is 2.47 bits per heavy atom. The smallest absolute Gasteiger partial charge is 0.408 e. The maximum Gasteiger partial charge on any atom is 0.408 e. The van der Waals surface area contributed by atoms with Gasteiger partial charge in [-0.3, -0.25) is 0 Å². The largest absolute Gasteiger partial charge is 0.549 e. The van der Waals surface area contributed by atoms with E-state index in [2.05, 4.69) is 5.32 Å². The molecule has 0 aromatic rings. The Bertz CT molecular complexity index is 356. The molecule has 0 heterocycles. The third-order valence-corrected chi connectivity index (χ3v) is 2.51. The summed E-state index contributed by atoms with van der Waals surface area (Å²) in [6.07, 6.45) is 2.94. The Labute approximate surface area is 101 Å². The number of hydrogen-bond acceptors (Lipinski definition) is 4. The SMILES string of the molecule is CC(C)(C)OC(=O)N[C@H]1C=C[C@@](C)(C(=O)[O-])C1. The van der Waals surface area contributed by atoms with Crippen LogP contribution in [0.25, 0.3) is 0 Å². The van der Waals surface area contributed by atoms with Gasteiger partial charge >= 0.3 is 6.09 Å². The van der Waals surface area contributed by atoms with Gasteiger partial charge in [0, 0.05) is 5.41 Å². The third-order valence-electron chi connectivity index (χ3n) is 2.51. The summed E-state index contributed by atoms with van der Waals surface area (Å²) in [6.45, 7) is 6.86. The van der Waals surface area contributed by atoms with Crippen LogP contribution < -0.4 is 10.4 Å². The second-order valence-corrected chi connectivity index (χ2v) is 5.52. The number of nitrogens with one attached hydrogen (secondary N) is 1. The lowest BCUT2D eigenvalue weighted by molar-refractivity contribution is -0.315. The van der Waals surface area contributed by atoms with Crippen molar-refractivity contribution < 1.29 is 19.4 Å². The molecule has 2 atom stereocenters. The summed E-state index contributed by atoms with van der Waals surface area (Å²) in [5.41, 5.74) is -1.58. The first-order valence-corrected chi connectivity index (χ1v) is 5.53. The molecule has 0 unspecified atom stereocenters. The maximum atomic E-state index is 11.5. The number of alkyl carbamates (subject to hydrolysis) is 1. The van der Waals surface area contributed by atoms with Gasteiger partial charge < -0.3 is 20.0 Å². The van der Waals surface area contributed by atoms with Gasteiger partial charge in [-0.05, 0) is 27.2 Å². The van der Waals surface area contributed by atoms with Crippen molar-refractivity contribution in [2.24, 2.45) is 5.41 Å². The summed E-state index contributed by atoms with van der Waals surface area (Å²) in [6, 6.07) is -0.326. The number of amides is 1. The number of ether oxygens (including phenoxy) is 1. The molecule has 96 valence electrons. The van der Waals surface area contributed by atoms with E-state index in [0.29, 0.717) is 0 Å². The number of hydrogen-bond donors (Lipinski definition) is 1. The highest BCUT2D eigenvalue weighted by Crippen LogP contribution is 2.30. The van der Waals surface area contributed by atoms with Crippen LogP contribution in [-0.4, -0.2) is 23.7 Å². The first kappa shape index (κ1) is 13.5. The number of carbonyl (C=O) groups is 2. The van der Waals surface area contributed by atoms with E-state index in [1.54, 1.807) is 39.8 Å². The molecule has 5 nitrogen and oxygen atoms in total. The van der Waals surface area contributed by atoms with E-state index in [1.165, 1.54) is 0 Å². The summed E-state index contributed by atoms with van der Waals surface area (Å²) >= 11 is 0. The standard InChI is InChI=1S/C12H19NO4/c1-11(2,3)17-10(16)13-8-5-6-12(4,7-8)9(14)15/h5-6,8H,7H2,1-4H3,(H,13,16)(H,14,15)/p-1/t8-,12+/m0/s1. The molecule has 1 aliphatic carbocycles. The van der Waals surface area contributed by atoms with Crippen LogP contribution in [-0.2, 0) is 9.53 Å². The second-order valence-electron chi connectivity index (χ2n) is 5.52. The van der Waals surface area contributed by atoms with E-state index in [4.69, 9.17) is 4.74 Å². The lowest BCUT2D eigenvalue weighted by atomic mass is 9.90. The number of carboxylic acid groups (broad SMARTS) is 1. The van der Waals surface area contributed by atoms with Crippen molar-refractivity contribution >= 4 is 12.1 Å². The fourth-order valence-corrected chi connectivity index (χ4v) is 1.63. The zero-order chi connectivity index (χ0) is 13.3. The Morgan fingerprint density at radius 2 is 2.06 bits per heavy atom. The average molecular weight is 240 g/mol. The van der Waals surface area contributed by atoms with Gasteiger partial charge in [0.15, 0.2) is 0 Å². The Hall–Kier alpha value is -1.52. The van der Waals surface area contributed by atoms with E-state index in [-0.39, 0.29) is 12.5 Å². The zero-order valence-electron chi connectivity index (χ0n) is 10.6. The molecule has 0 radical (unpaired) electrons. The van der Waals surface area contributed by atoms with E-state index >= 15 is 0 Å². The Balaban J connectivity index is 2.50. The maximum absolute atomic E-state index is 11.5. The molecule has 1 N–H and O–H groups in total. The van der Waals surface area contributed by atoms with Gasteiger partial charge in [-0.1, -0.05) is 19.1 Å². The topological polar surface area (TPSA) is 78.5 Å². The van der Waals surface area contributed by atoms with Crippen LogP contribution in [0.15, 0.2) is 12.2 Å². The second kappa shape index (κ2) is 4.39. The van der Waals surface area contributed by atoms with Gasteiger partial charge in [0.1, 0.15) is 5.60 Å². The summed E-state index contributed by atoms with van der Waals surface area (Å²) in [5.74, 6) is -1.14. The van der Waals surface area contributed by atoms with Crippen LogP contribution >= 0.6 is 0 Å². The lowest BCUT2D eigenvalue weighted by Gasteiger charge is -2.25. The van der Waals surface area contributed by atoms with Crippen LogP contribution in [0.2, 0.25) is 0 Å². The summed E-state index contributed by atoms with van der Waals surface area (Å²) in [5, 5.41) is 13.5. The normalized spacial score (nSPS) is 27.9. The van der Waals surface area contributed by atoms with Crippen LogP contribution in [0.4, 0.5) is 4.79 Å². The number of carboxylic acids is 1. The molecule has 0 bridgehead atoms. The van der Waals surface area contributed by atoms with Crippen molar-refractivity contribution in [3.8, 4) is 0 Å². The highest BCUT2D eigenvalue weighted by molar-refractivity contribution is 5.76. The number of aliphatic carboxylic acids is 1. The van der Waals surface area contributed by atoms with E-state index in [1.807, 2.05) is 0 Å². The van der Waals surface area contributed by atoms with Gasteiger partial charge in [0.25, 0.3) is 0 Å². The minimum Gasteiger partial charge on any atom is -0.549 e. The number of rotatable bonds is 2. The molecular weight excluding hydrogens is 222 g/mol. The zero-order valence-corrected chi connectivity index (χ0v) is 10.6. The minimum atomic E-state index is -1.14. The molecule has 1 amide bonds. The fourth-order valence-electron chi connectivity index (χ4n) is 1.63. The Morgan fingerprint density at radius 1 is 1.47 bits per heavy atom. The lowest BCUT2D eigenvalue weighted by Crippen LogP contribution is -2.42. The van der Waals surface area contributed by atoms with Crippen molar-refractivity contribution in [2.75, 3.05) is 0 Å². The van der Waals surface area contributed by atoms with Crippen molar-refractivity contribution in [3.63, 3.8) is 0 Å². The fraction of sp³-hybridized carbons (Fsp3) is 0.667. The summed E-state index contributed by atoms with van der Waals surface area (Å²) in [7, 11) is 0. The molecule has 0 aromatic heterocycles. The van der Waals surface area contributed by atoms with Crippen molar-refractivity contribution in [1.29, 1.82) is 0 Å². The van der Waals surface area contributed by atoms with E-state index in [0.717, 1.165) is 0 Å². The molecule has 0 fully saturated rings. The summed E-state index contributed by atoms with van der Waals surface area (Å²) in [4.78, 5) is 22.3. The van der Waals surface area contributed by atoms with E-state index in [9.17, 15) is 14.7 Å². The van der Waals surface area contributed by atoms with Crippen LogP contribution in [0.1, 0.15) is 34.1 Å². The predicted molar refractivity (Wildman–Crippen MR) is 60.0 cm³/mol. The molecule has 0 saturated carbocycles. The molecule has 0 aliphatic heterocycles.